The van der Waals surface area contributed by atoms with Crippen LogP contribution >= 0.6 is 11.6 Å². The number of amides is 2. The van der Waals surface area contributed by atoms with E-state index < -0.39 is 11.9 Å². The Hall–Kier alpha value is -4.31. The predicted octanol–water partition coefficient (Wildman–Crippen LogP) is 5.10. The van der Waals surface area contributed by atoms with E-state index in [1.54, 1.807) is 35.2 Å². The molecule has 0 aliphatic carbocycles. The molecule has 1 aliphatic rings. The molecule has 2 heterocycles. The SMILES string of the molecule is O=C(Nc1ccc(Oc2ccc(F)cc2)cc1)[C@@H]1C[C@@H](Cc2ccc(F)cc2Cl)CN1C(=O)Cn1cncn1. The molecule has 0 saturated carbocycles. The average molecular weight is 552 g/mol. The molecule has 1 fully saturated rings. The first-order valence-electron chi connectivity index (χ1n) is 12.2. The van der Waals surface area contributed by atoms with Crippen LogP contribution in [0.1, 0.15) is 12.0 Å². The maximum absolute atomic E-state index is 13.5. The molecule has 200 valence electrons. The first kappa shape index (κ1) is 26.3. The minimum absolute atomic E-state index is 0.0524. The van der Waals surface area contributed by atoms with Crippen LogP contribution in [0.3, 0.4) is 0 Å². The number of benzene rings is 3. The highest BCUT2D eigenvalue weighted by Gasteiger charge is 2.39. The normalized spacial score (nSPS) is 16.7. The average Bonchev–Trinajstić information content (AvgIpc) is 3.58. The Bertz CT molecular complexity index is 1450. The van der Waals surface area contributed by atoms with Gasteiger partial charge in [-0.3, -0.25) is 9.59 Å². The number of carbonyl (C=O) groups excluding carboxylic acids is 2. The van der Waals surface area contributed by atoms with Crippen LogP contribution in [0.4, 0.5) is 14.5 Å². The third kappa shape index (κ3) is 6.58. The van der Waals surface area contributed by atoms with E-state index in [-0.39, 0.29) is 30.1 Å². The lowest BCUT2D eigenvalue weighted by atomic mass is 9.96. The van der Waals surface area contributed by atoms with Crippen molar-refractivity contribution in [2.45, 2.75) is 25.4 Å². The van der Waals surface area contributed by atoms with Gasteiger partial charge in [-0.1, -0.05) is 17.7 Å². The molecule has 8 nitrogen and oxygen atoms in total. The van der Waals surface area contributed by atoms with Gasteiger partial charge in [0.2, 0.25) is 11.8 Å². The van der Waals surface area contributed by atoms with Crippen molar-refractivity contribution in [2.75, 3.05) is 11.9 Å². The number of carbonyl (C=O) groups is 2. The van der Waals surface area contributed by atoms with Gasteiger partial charge in [-0.05, 0) is 85.0 Å². The second-order valence-corrected chi connectivity index (χ2v) is 9.67. The van der Waals surface area contributed by atoms with E-state index in [9.17, 15) is 18.4 Å². The summed E-state index contributed by atoms with van der Waals surface area (Å²) in [6, 6.07) is 15.9. The summed E-state index contributed by atoms with van der Waals surface area (Å²) >= 11 is 6.23. The number of likely N-dealkylation sites (tertiary alicyclic amines) is 1. The van der Waals surface area contributed by atoms with Crippen LogP contribution in [0, 0.1) is 17.6 Å². The molecule has 2 amide bonds. The largest absolute Gasteiger partial charge is 0.457 e. The highest BCUT2D eigenvalue weighted by atomic mass is 35.5. The zero-order valence-electron chi connectivity index (χ0n) is 20.6. The van der Waals surface area contributed by atoms with Gasteiger partial charge in [-0.25, -0.2) is 18.4 Å². The fraction of sp³-hybridized carbons (Fsp3) is 0.214. The summed E-state index contributed by atoms with van der Waals surface area (Å²) in [5.41, 5.74) is 1.28. The molecule has 2 atom stereocenters. The number of hydrogen-bond donors (Lipinski definition) is 1. The monoisotopic (exact) mass is 551 g/mol. The summed E-state index contributed by atoms with van der Waals surface area (Å²) in [5, 5.41) is 7.18. The number of nitrogens with one attached hydrogen (secondary N) is 1. The van der Waals surface area contributed by atoms with Crippen LogP contribution in [0.5, 0.6) is 11.5 Å². The molecular weight excluding hydrogens is 528 g/mol. The molecule has 0 bridgehead atoms. The molecule has 5 rings (SSSR count). The number of ether oxygens (including phenoxy) is 1. The van der Waals surface area contributed by atoms with Crippen molar-refractivity contribution in [3.05, 3.63) is 102 Å². The summed E-state index contributed by atoms with van der Waals surface area (Å²) in [5.74, 6) is -0.447. The highest BCUT2D eigenvalue weighted by Crippen LogP contribution is 2.31. The van der Waals surface area contributed by atoms with E-state index in [0.717, 1.165) is 5.56 Å². The zero-order chi connectivity index (χ0) is 27.4. The number of aromatic nitrogens is 3. The van der Waals surface area contributed by atoms with Crippen molar-refractivity contribution in [1.29, 1.82) is 0 Å². The standard InChI is InChI=1S/C28H24ClF2N5O3/c29-25-13-21(31)2-1-19(25)11-18-12-26(36(14-18)27(37)15-35-17-32-16-33-35)28(38)34-22-5-9-24(10-6-22)39-23-7-3-20(30)4-8-23/h1-10,13,16-18,26H,11-12,14-15H2,(H,34,38)/t18-,26+/m1/s1. The van der Waals surface area contributed by atoms with E-state index in [2.05, 4.69) is 15.4 Å². The molecular formula is C28H24ClF2N5O3. The fourth-order valence-electron chi connectivity index (χ4n) is 4.61. The maximum Gasteiger partial charge on any atom is 0.247 e. The van der Waals surface area contributed by atoms with Crippen molar-refractivity contribution in [3.8, 4) is 11.5 Å². The Labute approximate surface area is 228 Å². The summed E-state index contributed by atoms with van der Waals surface area (Å²) in [6.45, 7) is 0.285. The molecule has 1 saturated heterocycles. The summed E-state index contributed by atoms with van der Waals surface area (Å²) in [6.07, 6.45) is 3.68. The highest BCUT2D eigenvalue weighted by molar-refractivity contribution is 6.31. The lowest BCUT2D eigenvalue weighted by Crippen LogP contribution is -2.44. The van der Waals surface area contributed by atoms with Gasteiger partial charge < -0.3 is 15.0 Å². The van der Waals surface area contributed by atoms with E-state index in [4.69, 9.17) is 16.3 Å². The molecule has 4 aromatic rings. The number of hydrogen-bond acceptors (Lipinski definition) is 5. The molecule has 1 aliphatic heterocycles. The quantitative estimate of drug-likeness (QED) is 0.329. The fourth-order valence-corrected chi connectivity index (χ4v) is 4.85. The number of anilines is 1. The Morgan fingerprint density at radius 3 is 2.36 bits per heavy atom. The lowest BCUT2D eigenvalue weighted by molar-refractivity contribution is -0.137. The van der Waals surface area contributed by atoms with Crippen molar-refractivity contribution < 1.29 is 23.1 Å². The van der Waals surface area contributed by atoms with Crippen LogP contribution in [0.2, 0.25) is 5.02 Å². The van der Waals surface area contributed by atoms with Crippen LogP contribution in [0.25, 0.3) is 0 Å². The predicted molar refractivity (Wildman–Crippen MR) is 140 cm³/mol. The third-order valence-electron chi connectivity index (χ3n) is 6.47. The van der Waals surface area contributed by atoms with Gasteiger partial charge in [-0.15, -0.1) is 0 Å². The van der Waals surface area contributed by atoms with Crippen LogP contribution in [0.15, 0.2) is 79.4 Å². The lowest BCUT2D eigenvalue weighted by Gasteiger charge is -2.24. The van der Waals surface area contributed by atoms with Gasteiger partial charge in [0.05, 0.1) is 0 Å². The topological polar surface area (TPSA) is 89.4 Å². The zero-order valence-corrected chi connectivity index (χ0v) is 21.4. The molecule has 0 unspecified atom stereocenters. The second kappa shape index (κ2) is 11.6. The Morgan fingerprint density at radius 1 is 1.00 bits per heavy atom. The summed E-state index contributed by atoms with van der Waals surface area (Å²) in [4.78, 5) is 32.0. The van der Waals surface area contributed by atoms with Crippen molar-refractivity contribution in [2.24, 2.45) is 5.92 Å². The third-order valence-corrected chi connectivity index (χ3v) is 6.82. The van der Waals surface area contributed by atoms with Gasteiger partial charge >= 0.3 is 0 Å². The van der Waals surface area contributed by atoms with Gasteiger partial charge in [0.1, 0.15) is 48.4 Å². The van der Waals surface area contributed by atoms with Gasteiger partial charge in [-0.2, -0.15) is 5.10 Å². The van der Waals surface area contributed by atoms with Crippen LogP contribution in [-0.2, 0) is 22.6 Å². The van der Waals surface area contributed by atoms with E-state index in [1.165, 1.54) is 53.7 Å². The maximum atomic E-state index is 13.5. The Balaban J connectivity index is 1.28. The van der Waals surface area contributed by atoms with Gasteiger partial charge in [0.25, 0.3) is 0 Å². The number of halogens is 3. The molecule has 1 aromatic heterocycles. The molecule has 39 heavy (non-hydrogen) atoms. The van der Waals surface area contributed by atoms with Crippen molar-refractivity contribution in [1.82, 2.24) is 19.7 Å². The minimum atomic E-state index is -0.722. The first-order valence-corrected chi connectivity index (χ1v) is 12.6. The Kier molecular flexibility index (Phi) is 7.83. The molecule has 0 radical (unpaired) electrons. The molecule has 0 spiro atoms. The summed E-state index contributed by atoms with van der Waals surface area (Å²) < 4.78 is 33.7. The molecule has 11 heteroatoms. The van der Waals surface area contributed by atoms with E-state index in [0.29, 0.717) is 41.6 Å². The van der Waals surface area contributed by atoms with E-state index >= 15 is 0 Å². The molecule has 3 aromatic carbocycles. The molecule has 1 N–H and O–H groups in total. The second-order valence-electron chi connectivity index (χ2n) is 9.27. The number of nitrogens with zero attached hydrogens (tertiary/aromatic N) is 4. The van der Waals surface area contributed by atoms with Crippen LogP contribution < -0.4 is 10.1 Å². The smallest absolute Gasteiger partial charge is 0.247 e. The van der Waals surface area contributed by atoms with E-state index in [1.807, 2.05) is 0 Å². The minimum Gasteiger partial charge on any atom is -0.457 e. The first-order chi connectivity index (χ1) is 18.8. The summed E-state index contributed by atoms with van der Waals surface area (Å²) in [7, 11) is 0. The Morgan fingerprint density at radius 2 is 1.69 bits per heavy atom. The van der Waals surface area contributed by atoms with Crippen LogP contribution in [-0.4, -0.2) is 44.1 Å². The van der Waals surface area contributed by atoms with Crippen molar-refractivity contribution in [3.63, 3.8) is 0 Å². The number of rotatable bonds is 8. The van der Waals surface area contributed by atoms with Crippen molar-refractivity contribution >= 4 is 29.1 Å². The van der Waals surface area contributed by atoms with Gasteiger partial charge in [0, 0.05) is 17.3 Å². The van der Waals surface area contributed by atoms with Gasteiger partial charge in [0.15, 0.2) is 0 Å².